The molecule has 0 radical (unpaired) electrons. The second-order valence-corrected chi connectivity index (χ2v) is 5.78. The first-order valence-corrected chi connectivity index (χ1v) is 7.55. The molecule has 1 heterocycles. The SMILES string of the molecule is CNC(c1cncc(OC(C)C)c1)c1cccc(F)c1Br. The van der Waals surface area contributed by atoms with Gasteiger partial charge in [0.25, 0.3) is 0 Å². The molecule has 112 valence electrons. The van der Waals surface area contributed by atoms with Crippen molar-refractivity contribution in [2.75, 3.05) is 7.05 Å². The van der Waals surface area contributed by atoms with Crippen LogP contribution in [0.5, 0.6) is 5.75 Å². The van der Waals surface area contributed by atoms with Crippen LogP contribution in [0.2, 0.25) is 0 Å². The van der Waals surface area contributed by atoms with Gasteiger partial charge in [-0.1, -0.05) is 12.1 Å². The van der Waals surface area contributed by atoms with E-state index in [0.717, 1.165) is 11.1 Å². The third-order valence-electron chi connectivity index (χ3n) is 3.02. The van der Waals surface area contributed by atoms with Gasteiger partial charge in [-0.3, -0.25) is 4.98 Å². The minimum Gasteiger partial charge on any atom is -0.489 e. The van der Waals surface area contributed by atoms with Gasteiger partial charge in [0.2, 0.25) is 0 Å². The van der Waals surface area contributed by atoms with Crippen LogP contribution in [0, 0.1) is 5.82 Å². The normalized spacial score (nSPS) is 12.5. The fourth-order valence-electron chi connectivity index (χ4n) is 2.18. The number of aromatic nitrogens is 1. The first-order chi connectivity index (χ1) is 10.0. The molecule has 1 N–H and O–H groups in total. The molecule has 0 saturated heterocycles. The van der Waals surface area contributed by atoms with Crippen molar-refractivity contribution in [3.05, 3.63) is 58.1 Å². The van der Waals surface area contributed by atoms with Crippen molar-refractivity contribution in [3.63, 3.8) is 0 Å². The van der Waals surface area contributed by atoms with Crippen molar-refractivity contribution >= 4 is 15.9 Å². The number of ether oxygens (including phenoxy) is 1. The molecule has 1 atom stereocenters. The second-order valence-electron chi connectivity index (χ2n) is 4.99. The Morgan fingerprint density at radius 3 is 2.71 bits per heavy atom. The highest BCUT2D eigenvalue weighted by atomic mass is 79.9. The van der Waals surface area contributed by atoms with Crippen molar-refractivity contribution in [2.45, 2.75) is 26.0 Å². The van der Waals surface area contributed by atoms with E-state index in [-0.39, 0.29) is 18.0 Å². The summed E-state index contributed by atoms with van der Waals surface area (Å²) in [6.45, 7) is 3.93. The van der Waals surface area contributed by atoms with Gasteiger partial charge in [-0.2, -0.15) is 0 Å². The number of nitrogens with one attached hydrogen (secondary N) is 1. The molecule has 0 spiro atoms. The molecule has 0 aliphatic heterocycles. The highest BCUT2D eigenvalue weighted by molar-refractivity contribution is 9.10. The van der Waals surface area contributed by atoms with Crippen LogP contribution in [0.1, 0.15) is 31.0 Å². The zero-order valence-corrected chi connectivity index (χ0v) is 13.8. The Kier molecular flexibility index (Phi) is 5.31. The number of rotatable bonds is 5. The van der Waals surface area contributed by atoms with E-state index in [0.29, 0.717) is 10.2 Å². The summed E-state index contributed by atoms with van der Waals surface area (Å²) in [5, 5.41) is 3.19. The molecule has 1 aromatic carbocycles. The van der Waals surface area contributed by atoms with Gasteiger partial charge < -0.3 is 10.1 Å². The quantitative estimate of drug-likeness (QED) is 0.880. The van der Waals surface area contributed by atoms with Crippen LogP contribution in [-0.2, 0) is 0 Å². The molecule has 21 heavy (non-hydrogen) atoms. The summed E-state index contributed by atoms with van der Waals surface area (Å²) in [5.41, 5.74) is 1.74. The van der Waals surface area contributed by atoms with Gasteiger partial charge in [-0.15, -0.1) is 0 Å². The van der Waals surface area contributed by atoms with E-state index in [1.165, 1.54) is 6.07 Å². The maximum atomic E-state index is 13.7. The monoisotopic (exact) mass is 352 g/mol. The van der Waals surface area contributed by atoms with Crippen LogP contribution in [-0.4, -0.2) is 18.1 Å². The molecule has 0 fully saturated rings. The largest absolute Gasteiger partial charge is 0.489 e. The molecular weight excluding hydrogens is 335 g/mol. The summed E-state index contributed by atoms with van der Waals surface area (Å²) in [6.07, 6.45) is 3.51. The van der Waals surface area contributed by atoms with E-state index in [1.807, 2.05) is 33.0 Å². The first-order valence-electron chi connectivity index (χ1n) is 6.75. The average Bonchev–Trinajstić information content (AvgIpc) is 2.44. The minimum absolute atomic E-state index is 0.0796. The summed E-state index contributed by atoms with van der Waals surface area (Å²) < 4.78 is 19.8. The van der Waals surface area contributed by atoms with Gasteiger partial charge in [0.1, 0.15) is 11.6 Å². The van der Waals surface area contributed by atoms with Gasteiger partial charge in [0, 0.05) is 6.20 Å². The van der Waals surface area contributed by atoms with Crippen molar-refractivity contribution in [1.29, 1.82) is 0 Å². The third kappa shape index (κ3) is 3.80. The highest BCUT2D eigenvalue weighted by Crippen LogP contribution is 2.31. The Bertz CT molecular complexity index is 619. The van der Waals surface area contributed by atoms with E-state index in [9.17, 15) is 4.39 Å². The molecule has 1 unspecified atom stereocenters. The van der Waals surface area contributed by atoms with Gasteiger partial charge in [0.15, 0.2) is 0 Å². The van der Waals surface area contributed by atoms with Gasteiger partial charge in [0.05, 0.1) is 22.8 Å². The molecule has 0 saturated carbocycles. The molecule has 1 aromatic heterocycles. The second kappa shape index (κ2) is 7.00. The zero-order chi connectivity index (χ0) is 15.4. The smallest absolute Gasteiger partial charge is 0.138 e. The lowest BCUT2D eigenvalue weighted by Gasteiger charge is -2.19. The Labute approximate surface area is 132 Å². The zero-order valence-electron chi connectivity index (χ0n) is 12.2. The lowest BCUT2D eigenvalue weighted by molar-refractivity contribution is 0.241. The maximum absolute atomic E-state index is 13.7. The first kappa shape index (κ1) is 15.9. The molecule has 2 aromatic rings. The van der Waals surface area contributed by atoms with Crippen molar-refractivity contribution in [2.24, 2.45) is 0 Å². The Morgan fingerprint density at radius 2 is 2.05 bits per heavy atom. The fraction of sp³-hybridized carbons (Fsp3) is 0.312. The predicted molar refractivity (Wildman–Crippen MR) is 85.0 cm³/mol. The molecule has 0 aliphatic carbocycles. The van der Waals surface area contributed by atoms with E-state index in [2.05, 4.69) is 26.2 Å². The average molecular weight is 353 g/mol. The van der Waals surface area contributed by atoms with Crippen LogP contribution >= 0.6 is 15.9 Å². The fourth-order valence-corrected chi connectivity index (χ4v) is 2.67. The summed E-state index contributed by atoms with van der Waals surface area (Å²) in [7, 11) is 1.83. The molecule has 0 amide bonds. The molecule has 3 nitrogen and oxygen atoms in total. The van der Waals surface area contributed by atoms with E-state index in [1.54, 1.807) is 18.5 Å². The van der Waals surface area contributed by atoms with Crippen molar-refractivity contribution < 1.29 is 9.13 Å². The molecule has 0 bridgehead atoms. The Morgan fingerprint density at radius 1 is 1.29 bits per heavy atom. The summed E-state index contributed by atoms with van der Waals surface area (Å²) in [6, 6.07) is 6.76. The van der Waals surface area contributed by atoms with Gasteiger partial charge in [-0.25, -0.2) is 4.39 Å². The number of hydrogen-bond acceptors (Lipinski definition) is 3. The molecule has 2 rings (SSSR count). The van der Waals surface area contributed by atoms with Gasteiger partial charge in [-0.05, 0) is 60.1 Å². The van der Waals surface area contributed by atoms with Crippen molar-refractivity contribution in [3.8, 4) is 5.75 Å². The van der Waals surface area contributed by atoms with Crippen molar-refractivity contribution in [1.82, 2.24) is 10.3 Å². The van der Waals surface area contributed by atoms with Crippen LogP contribution in [0.25, 0.3) is 0 Å². The Balaban J connectivity index is 2.39. The number of benzene rings is 1. The Hall–Kier alpha value is -1.46. The van der Waals surface area contributed by atoms with Crippen LogP contribution in [0.15, 0.2) is 41.1 Å². The minimum atomic E-state index is -0.282. The predicted octanol–water partition coefficient (Wildman–Crippen LogP) is 4.08. The highest BCUT2D eigenvalue weighted by Gasteiger charge is 2.18. The van der Waals surface area contributed by atoms with Crippen LogP contribution in [0.3, 0.4) is 0 Å². The molecule has 5 heteroatoms. The van der Waals surface area contributed by atoms with E-state index >= 15 is 0 Å². The summed E-state index contributed by atoms with van der Waals surface area (Å²) in [5.74, 6) is 0.422. The lowest BCUT2D eigenvalue weighted by atomic mass is 10.00. The number of pyridine rings is 1. The number of halogens is 2. The number of nitrogens with zero attached hydrogens (tertiary/aromatic N) is 1. The van der Waals surface area contributed by atoms with E-state index in [4.69, 9.17) is 4.74 Å². The lowest BCUT2D eigenvalue weighted by Crippen LogP contribution is -2.19. The molecule has 0 aliphatic rings. The summed E-state index contributed by atoms with van der Waals surface area (Å²) in [4.78, 5) is 4.21. The number of hydrogen-bond donors (Lipinski definition) is 1. The summed E-state index contributed by atoms with van der Waals surface area (Å²) >= 11 is 3.31. The standard InChI is InChI=1S/C16H18BrFN2O/c1-10(2)21-12-7-11(8-20-9-12)16(19-3)13-5-4-6-14(18)15(13)17/h4-10,16,19H,1-3H3. The van der Waals surface area contributed by atoms with Crippen LogP contribution in [0.4, 0.5) is 4.39 Å². The van der Waals surface area contributed by atoms with Gasteiger partial charge >= 0.3 is 0 Å². The van der Waals surface area contributed by atoms with E-state index < -0.39 is 0 Å². The van der Waals surface area contributed by atoms with Crippen LogP contribution < -0.4 is 10.1 Å². The third-order valence-corrected chi connectivity index (χ3v) is 3.86. The molecular formula is C16H18BrFN2O. The maximum Gasteiger partial charge on any atom is 0.138 e. The topological polar surface area (TPSA) is 34.2 Å².